The van der Waals surface area contributed by atoms with Crippen LogP contribution in [0.5, 0.6) is 5.75 Å². The molecule has 11 nitrogen and oxygen atoms in total. The van der Waals surface area contributed by atoms with E-state index in [9.17, 15) is 34.8 Å². The molecule has 7 N–H and O–H groups in total. The number of hydrogen-bond acceptors (Lipinski definition) is 10. The number of benzene rings is 1. The van der Waals surface area contributed by atoms with Gasteiger partial charge in [0, 0.05) is 31.3 Å². The molecular formula is C23H28N4O7. The highest BCUT2D eigenvalue weighted by molar-refractivity contribution is 6.24. The molecule has 0 saturated heterocycles. The van der Waals surface area contributed by atoms with E-state index in [-0.39, 0.29) is 29.7 Å². The van der Waals surface area contributed by atoms with Crippen LogP contribution in [0.3, 0.4) is 0 Å². The fraction of sp³-hybridized carbons (Fsp3) is 0.435. The summed E-state index contributed by atoms with van der Waals surface area (Å²) in [5.41, 5.74) is -0.405. The Bertz CT molecular complexity index is 1190. The summed E-state index contributed by atoms with van der Waals surface area (Å²) in [6.07, 6.45) is 0.309. The van der Waals surface area contributed by atoms with E-state index in [1.165, 1.54) is 11.0 Å². The van der Waals surface area contributed by atoms with Crippen molar-refractivity contribution in [2.75, 3.05) is 33.1 Å². The first-order valence-corrected chi connectivity index (χ1v) is 10.8. The van der Waals surface area contributed by atoms with E-state index in [1.54, 1.807) is 25.6 Å². The van der Waals surface area contributed by atoms with Crippen LogP contribution >= 0.6 is 0 Å². The molecule has 182 valence electrons. The molecule has 4 rings (SSSR count). The zero-order valence-corrected chi connectivity index (χ0v) is 19.3. The highest BCUT2D eigenvalue weighted by atomic mass is 16.3. The minimum Gasteiger partial charge on any atom is -0.508 e. The van der Waals surface area contributed by atoms with Crippen molar-refractivity contribution in [1.29, 1.82) is 0 Å². The van der Waals surface area contributed by atoms with Gasteiger partial charge in [-0.1, -0.05) is 0 Å². The molecule has 4 atom stereocenters. The molecule has 0 radical (unpaired) electrons. The number of likely N-dealkylation sites (N-methyl/N-ethyl adjacent to an activating group) is 1. The summed E-state index contributed by atoms with van der Waals surface area (Å²) in [7, 11) is 6.74. The Morgan fingerprint density at radius 3 is 2.35 bits per heavy atom. The molecule has 1 saturated carbocycles. The van der Waals surface area contributed by atoms with Gasteiger partial charge in [-0.3, -0.25) is 24.7 Å². The van der Waals surface area contributed by atoms with Crippen molar-refractivity contribution in [2.24, 2.45) is 17.7 Å². The number of phenols is 1. The number of anilines is 1. The largest absolute Gasteiger partial charge is 0.508 e. The highest BCUT2D eigenvalue weighted by Gasteiger charge is 2.64. The molecule has 11 heteroatoms. The lowest BCUT2D eigenvalue weighted by molar-refractivity contribution is -0.153. The second kappa shape index (κ2) is 7.83. The number of rotatable bonds is 3. The van der Waals surface area contributed by atoms with Crippen molar-refractivity contribution >= 4 is 28.9 Å². The quantitative estimate of drug-likeness (QED) is 0.146. The zero-order chi connectivity index (χ0) is 25.3. The minimum atomic E-state index is -2.64. The fourth-order valence-corrected chi connectivity index (χ4v) is 5.70. The van der Waals surface area contributed by atoms with Crippen molar-refractivity contribution in [1.82, 2.24) is 10.3 Å². The van der Waals surface area contributed by atoms with Crippen LogP contribution in [-0.2, 0) is 20.8 Å². The lowest BCUT2D eigenvalue weighted by Gasteiger charge is -2.50. The molecule has 0 aliphatic heterocycles. The Labute approximate surface area is 195 Å². The van der Waals surface area contributed by atoms with Crippen LogP contribution in [-0.4, -0.2) is 82.6 Å². The normalized spacial score (nSPS) is 28.5. The van der Waals surface area contributed by atoms with E-state index in [4.69, 9.17) is 5.84 Å². The molecular weight excluding hydrogens is 444 g/mol. The van der Waals surface area contributed by atoms with E-state index in [1.807, 2.05) is 19.0 Å². The Hall–Kier alpha value is -3.41. The molecule has 1 fully saturated rings. The van der Waals surface area contributed by atoms with E-state index in [0.29, 0.717) is 5.56 Å². The number of hydrogen-bond donors (Lipinski definition) is 6. The number of fused-ring (bicyclic) bond motifs is 3. The average molecular weight is 472 g/mol. The molecule has 1 amide bonds. The molecule has 0 aromatic heterocycles. The van der Waals surface area contributed by atoms with Crippen LogP contribution in [0.2, 0.25) is 0 Å². The minimum absolute atomic E-state index is 0.0553. The van der Waals surface area contributed by atoms with Gasteiger partial charge in [0.05, 0.1) is 11.6 Å². The Kier molecular flexibility index (Phi) is 5.46. The van der Waals surface area contributed by atoms with Gasteiger partial charge in [0.25, 0.3) is 5.91 Å². The van der Waals surface area contributed by atoms with E-state index in [0.717, 1.165) is 5.69 Å². The summed E-state index contributed by atoms with van der Waals surface area (Å²) in [6, 6.07) is 1.99. The maximum Gasteiger partial charge on any atom is 0.272 e. The van der Waals surface area contributed by atoms with Crippen LogP contribution in [0, 0.1) is 11.8 Å². The van der Waals surface area contributed by atoms with Crippen LogP contribution in [0.4, 0.5) is 5.69 Å². The summed E-state index contributed by atoms with van der Waals surface area (Å²) >= 11 is 0. The number of phenolic OH excluding ortho intramolecular Hbond substituents is 1. The van der Waals surface area contributed by atoms with Crippen LogP contribution in [0.15, 0.2) is 29.0 Å². The first-order chi connectivity index (χ1) is 15.9. The monoisotopic (exact) mass is 472 g/mol. The van der Waals surface area contributed by atoms with Gasteiger partial charge < -0.3 is 25.3 Å². The smallest absolute Gasteiger partial charge is 0.272 e. The third-order valence-corrected chi connectivity index (χ3v) is 7.17. The molecule has 34 heavy (non-hydrogen) atoms. The standard InChI is InChI=1S/C23H28N4O7/c1-26(2)12-5-6-13(28)15-10(12)7-9-8-11-17(27(3)4)19(30)16(22(33)25-24)21(32)23(11,34)20(31)14(9)18(15)29/h5-6,9,11,17,28-29,32,34H,7-8,24H2,1-4H3,(H,25,33)/t9?,11?,17-,23-/m0/s1. The highest BCUT2D eigenvalue weighted by Crippen LogP contribution is 2.53. The molecule has 0 bridgehead atoms. The van der Waals surface area contributed by atoms with Gasteiger partial charge in [0.1, 0.15) is 22.8 Å². The number of nitrogens with two attached hydrogens (primary N) is 1. The summed E-state index contributed by atoms with van der Waals surface area (Å²) in [6.45, 7) is 0. The van der Waals surface area contributed by atoms with Crippen molar-refractivity contribution in [3.05, 3.63) is 40.2 Å². The number of Topliss-reactive ketones (excluding diaryl/α,β-unsaturated/α-hetero) is 2. The third-order valence-electron chi connectivity index (χ3n) is 7.17. The van der Waals surface area contributed by atoms with Gasteiger partial charge in [0.15, 0.2) is 11.4 Å². The Balaban J connectivity index is 1.99. The Morgan fingerprint density at radius 2 is 1.79 bits per heavy atom. The van der Waals surface area contributed by atoms with Crippen LogP contribution in [0.1, 0.15) is 17.5 Å². The van der Waals surface area contributed by atoms with Gasteiger partial charge >= 0.3 is 0 Å². The second-order valence-corrected chi connectivity index (χ2v) is 9.42. The molecule has 0 heterocycles. The summed E-state index contributed by atoms with van der Waals surface area (Å²) < 4.78 is 0. The van der Waals surface area contributed by atoms with Crippen LogP contribution in [0.25, 0.3) is 5.76 Å². The van der Waals surface area contributed by atoms with Crippen molar-refractivity contribution < 1.29 is 34.8 Å². The number of aliphatic hydroxyl groups excluding tert-OH is 2. The molecule has 2 unspecified atom stereocenters. The van der Waals surface area contributed by atoms with Crippen molar-refractivity contribution in [3.63, 3.8) is 0 Å². The first kappa shape index (κ1) is 23.7. The SMILES string of the molecule is CN(C)c1ccc(O)c2c1CC1CC3[C@H](N(C)C)C(=O)C(C(=O)NN)=C(O)[C@@]3(O)C(=O)C1=C2O. The maximum atomic E-state index is 13.8. The predicted molar refractivity (Wildman–Crippen MR) is 122 cm³/mol. The average Bonchev–Trinajstić information content (AvgIpc) is 2.75. The summed E-state index contributed by atoms with van der Waals surface area (Å²) in [5.74, 6) is -1.29. The third kappa shape index (κ3) is 2.97. The first-order valence-electron chi connectivity index (χ1n) is 10.8. The number of amides is 1. The molecule has 1 aromatic carbocycles. The lowest BCUT2D eigenvalue weighted by atomic mass is 9.57. The Morgan fingerprint density at radius 1 is 1.15 bits per heavy atom. The number of aromatic hydroxyl groups is 1. The van der Waals surface area contributed by atoms with E-state index in [2.05, 4.69) is 0 Å². The summed E-state index contributed by atoms with van der Waals surface area (Å²) in [4.78, 5) is 42.6. The van der Waals surface area contributed by atoms with E-state index < -0.39 is 58.0 Å². The zero-order valence-electron chi connectivity index (χ0n) is 19.3. The second-order valence-electron chi connectivity index (χ2n) is 9.42. The van der Waals surface area contributed by atoms with Gasteiger partial charge in [-0.05, 0) is 50.6 Å². The lowest BCUT2D eigenvalue weighted by Crippen LogP contribution is -2.66. The number of nitrogens with zero attached hydrogens (tertiary/aromatic N) is 2. The molecule has 3 aliphatic carbocycles. The van der Waals surface area contributed by atoms with E-state index >= 15 is 0 Å². The number of carbonyl (C=O) groups is 3. The maximum absolute atomic E-state index is 13.8. The number of hydrazine groups is 1. The van der Waals surface area contributed by atoms with Gasteiger partial charge in [-0.2, -0.15) is 0 Å². The number of carbonyl (C=O) groups excluding carboxylic acids is 3. The van der Waals surface area contributed by atoms with Crippen molar-refractivity contribution in [3.8, 4) is 5.75 Å². The summed E-state index contributed by atoms with van der Waals surface area (Å²) in [5, 5.41) is 44.2. The number of aliphatic hydroxyl groups is 3. The van der Waals surface area contributed by atoms with Gasteiger partial charge in [-0.15, -0.1) is 0 Å². The molecule has 1 aromatic rings. The van der Waals surface area contributed by atoms with Gasteiger partial charge in [-0.25, -0.2) is 5.84 Å². The fourth-order valence-electron chi connectivity index (χ4n) is 5.70. The number of nitrogens with one attached hydrogen (secondary N) is 1. The van der Waals surface area contributed by atoms with Crippen molar-refractivity contribution in [2.45, 2.75) is 24.5 Å². The number of ketones is 2. The molecule has 0 spiro atoms. The van der Waals surface area contributed by atoms with Crippen LogP contribution < -0.4 is 16.2 Å². The predicted octanol–water partition coefficient (Wildman–Crippen LogP) is -0.465. The molecule has 3 aliphatic rings. The topological polar surface area (TPSA) is 177 Å². The van der Waals surface area contributed by atoms with Gasteiger partial charge in [0.2, 0.25) is 5.78 Å².